The summed E-state index contributed by atoms with van der Waals surface area (Å²) in [7, 11) is 10.7. The van der Waals surface area contributed by atoms with Gasteiger partial charge in [-0.2, -0.15) is 59.7 Å². The van der Waals surface area contributed by atoms with Crippen molar-refractivity contribution in [2.45, 2.75) is 19.8 Å². The molecule has 0 fully saturated rings. The second-order valence-corrected chi connectivity index (χ2v) is 16.2. The molecule has 0 bridgehead atoms. The molecule has 0 radical (unpaired) electrons. The Bertz CT molecular complexity index is 1050. The topological polar surface area (TPSA) is 0 Å². The third-order valence-electron chi connectivity index (χ3n) is 5.45. The predicted octanol–water partition coefficient (Wildman–Crippen LogP) is 7.85. The van der Waals surface area contributed by atoms with Crippen molar-refractivity contribution >= 4 is 20.7 Å². The van der Waals surface area contributed by atoms with Gasteiger partial charge in [0.2, 0.25) is 0 Å². The molecule has 31 heavy (non-hydrogen) atoms. The van der Waals surface area contributed by atoms with Crippen LogP contribution in [0.1, 0.15) is 29.2 Å². The van der Waals surface area contributed by atoms with Crippen LogP contribution in [-0.4, -0.2) is 3.71 Å². The first-order valence-corrected chi connectivity index (χ1v) is 18.1. The summed E-state index contributed by atoms with van der Waals surface area (Å²) < 4.78 is 1.89. The van der Waals surface area contributed by atoms with Crippen LogP contribution in [0.2, 0.25) is 0 Å². The molecule has 0 saturated carbocycles. The van der Waals surface area contributed by atoms with E-state index in [2.05, 4.69) is 84.9 Å². The van der Waals surface area contributed by atoms with Crippen LogP contribution in [0, 0.1) is 12.1 Å². The van der Waals surface area contributed by atoms with E-state index in [0.717, 1.165) is 12.8 Å². The minimum Gasteiger partial charge on any atom is -0.179 e. The summed E-state index contributed by atoms with van der Waals surface area (Å²) in [5.74, 6) is 0. The van der Waals surface area contributed by atoms with Crippen LogP contribution in [0.5, 0.6) is 0 Å². The Hall–Kier alpha value is -1.79. The molecule has 4 aromatic carbocycles. The quantitative estimate of drug-likeness (QED) is 0.179. The smallest absolute Gasteiger partial charge is 0.0253 e. The van der Waals surface area contributed by atoms with Crippen LogP contribution in [0.3, 0.4) is 0 Å². The number of hydrogen-bond donors (Lipinski definition) is 0. The van der Waals surface area contributed by atoms with E-state index in [9.17, 15) is 0 Å². The zero-order chi connectivity index (χ0) is 21.6. The largest absolute Gasteiger partial charge is 0.179 e. The second-order valence-electron chi connectivity index (χ2n) is 7.37. The molecule has 0 N–H and O–H groups in total. The van der Waals surface area contributed by atoms with Crippen molar-refractivity contribution in [1.29, 1.82) is 0 Å². The van der Waals surface area contributed by atoms with E-state index < -0.39 is 18.9 Å². The number of benzene rings is 4. The minimum atomic E-state index is -1.76. The minimum absolute atomic E-state index is 1.05. The van der Waals surface area contributed by atoms with Crippen molar-refractivity contribution in [1.82, 2.24) is 0 Å². The van der Waals surface area contributed by atoms with Crippen molar-refractivity contribution in [3.05, 3.63) is 119 Å². The molecule has 6 rings (SSSR count). The van der Waals surface area contributed by atoms with Crippen molar-refractivity contribution in [2.75, 3.05) is 0 Å². The SMILES string of the molecule is C[CH]=[Zr]([Cl])[Cl].[c-]1cccc2c1Cc1ccccc1-2.[c-]1cccc2c1Cc1ccccc1-2. The number of rotatable bonds is 0. The molecule has 0 nitrogen and oxygen atoms in total. The van der Waals surface area contributed by atoms with Gasteiger partial charge in [0.1, 0.15) is 0 Å². The van der Waals surface area contributed by atoms with Crippen LogP contribution >= 0.6 is 17.0 Å². The van der Waals surface area contributed by atoms with Gasteiger partial charge in [-0.25, -0.2) is 0 Å². The molecule has 3 heteroatoms. The summed E-state index contributed by atoms with van der Waals surface area (Å²) in [4.78, 5) is 0. The maximum atomic E-state index is 5.37. The molecule has 0 unspecified atom stereocenters. The zero-order valence-corrected chi connectivity index (χ0v) is 21.3. The number of hydrogen-bond acceptors (Lipinski definition) is 0. The molecule has 2 aliphatic carbocycles. The molecule has 0 atom stereocenters. The van der Waals surface area contributed by atoms with E-state index in [0.29, 0.717) is 0 Å². The summed E-state index contributed by atoms with van der Waals surface area (Å²) >= 11 is -1.76. The van der Waals surface area contributed by atoms with Crippen molar-refractivity contribution in [2.24, 2.45) is 0 Å². The normalized spacial score (nSPS) is 11.5. The maximum Gasteiger partial charge on any atom is -0.0253 e. The molecule has 0 spiro atoms. The van der Waals surface area contributed by atoms with Gasteiger partial charge < -0.3 is 0 Å². The second kappa shape index (κ2) is 10.7. The monoisotopic (exact) mass is 518 g/mol. The third kappa shape index (κ3) is 5.35. The van der Waals surface area contributed by atoms with E-state index in [1.165, 1.54) is 44.5 Å². The van der Waals surface area contributed by atoms with E-state index >= 15 is 0 Å². The Balaban J connectivity index is 0.000000124. The van der Waals surface area contributed by atoms with Gasteiger partial charge >= 0.3 is 46.5 Å². The summed E-state index contributed by atoms with van der Waals surface area (Å²) in [6.45, 7) is 1.90. The van der Waals surface area contributed by atoms with E-state index in [1.807, 2.05) is 22.8 Å². The van der Waals surface area contributed by atoms with Crippen LogP contribution in [0.4, 0.5) is 0 Å². The molecule has 0 saturated heterocycles. The van der Waals surface area contributed by atoms with Gasteiger partial charge in [-0.1, -0.05) is 70.8 Å². The van der Waals surface area contributed by atoms with Crippen LogP contribution in [0.25, 0.3) is 22.3 Å². The molecule has 4 aromatic rings. The molecular weight excluding hydrogens is 498 g/mol. The fourth-order valence-electron chi connectivity index (χ4n) is 4.00. The summed E-state index contributed by atoms with van der Waals surface area (Å²) in [5, 5.41) is 0. The number of halogens is 2. The summed E-state index contributed by atoms with van der Waals surface area (Å²) in [6, 6.07) is 36.2. The summed E-state index contributed by atoms with van der Waals surface area (Å²) in [6.07, 6.45) is 2.10. The number of fused-ring (bicyclic) bond motifs is 6. The van der Waals surface area contributed by atoms with Gasteiger partial charge in [0.25, 0.3) is 0 Å². The van der Waals surface area contributed by atoms with E-state index in [1.54, 1.807) is 0 Å². The molecule has 0 aliphatic heterocycles. The maximum absolute atomic E-state index is 5.37. The molecule has 154 valence electrons. The Morgan fingerprint density at radius 3 is 1.45 bits per heavy atom. The van der Waals surface area contributed by atoms with Gasteiger partial charge in [0, 0.05) is 0 Å². The standard InChI is InChI=1S/2C13H9.C2H4.2ClH.Zr/c2*1-3-7-12-10(5-1)9-11-6-2-4-8-13(11)12;1-2;;;/h2*1-5,7-8H,9H2;1H,2H3;2*1H;/q2*-1;;;;+2/p-2. The Kier molecular flexibility index (Phi) is 7.73. The molecule has 0 aromatic heterocycles. The average molecular weight is 521 g/mol. The van der Waals surface area contributed by atoms with Crippen LogP contribution in [-0.2, 0) is 31.7 Å². The van der Waals surface area contributed by atoms with Crippen molar-refractivity contribution in [3.8, 4) is 22.3 Å². The van der Waals surface area contributed by atoms with Gasteiger partial charge in [-0.05, 0) is 12.8 Å². The van der Waals surface area contributed by atoms with Crippen LogP contribution in [0.15, 0.2) is 84.9 Å². The van der Waals surface area contributed by atoms with Gasteiger partial charge in [-0.15, -0.1) is 11.1 Å². The van der Waals surface area contributed by atoms with Gasteiger partial charge in [-0.3, -0.25) is 0 Å². The Morgan fingerprint density at radius 1 is 0.645 bits per heavy atom. The molecular formula is C28H22Cl2Zr-2. The predicted molar refractivity (Wildman–Crippen MR) is 130 cm³/mol. The summed E-state index contributed by atoms with van der Waals surface area (Å²) in [5.41, 5.74) is 11.0. The van der Waals surface area contributed by atoms with Crippen LogP contribution < -0.4 is 0 Å². The molecule has 0 heterocycles. The van der Waals surface area contributed by atoms with E-state index in [4.69, 9.17) is 17.0 Å². The fourth-order valence-corrected chi connectivity index (χ4v) is 4.00. The zero-order valence-electron chi connectivity index (χ0n) is 17.3. The Morgan fingerprint density at radius 2 is 1.03 bits per heavy atom. The molecule has 2 aliphatic rings. The third-order valence-corrected chi connectivity index (χ3v) is 9.11. The first kappa shape index (κ1) is 22.4. The van der Waals surface area contributed by atoms with E-state index in [-0.39, 0.29) is 0 Å². The van der Waals surface area contributed by atoms with Gasteiger partial charge in [0.15, 0.2) is 0 Å². The van der Waals surface area contributed by atoms with Crippen molar-refractivity contribution in [3.63, 3.8) is 0 Å². The molecule has 0 amide bonds. The fraction of sp³-hybridized carbons (Fsp3) is 0.107. The first-order chi connectivity index (χ1) is 15.2. The van der Waals surface area contributed by atoms with Crippen molar-refractivity contribution < 1.29 is 18.9 Å². The Labute approximate surface area is 199 Å². The average Bonchev–Trinajstić information content (AvgIpc) is 3.38. The van der Waals surface area contributed by atoms with Gasteiger partial charge in [0.05, 0.1) is 0 Å². The first-order valence-electron chi connectivity index (χ1n) is 10.3.